The molecule has 1 atom stereocenters. The first kappa shape index (κ1) is 23.8. The number of anilines is 1. The van der Waals surface area contributed by atoms with Crippen LogP contribution in [0.1, 0.15) is 18.4 Å². The monoisotopic (exact) mass is 494 g/mol. The van der Waals surface area contributed by atoms with Crippen molar-refractivity contribution in [1.29, 1.82) is 0 Å². The first-order valence-corrected chi connectivity index (χ1v) is 11.4. The van der Waals surface area contributed by atoms with Crippen LogP contribution in [-0.4, -0.2) is 57.8 Å². The van der Waals surface area contributed by atoms with Gasteiger partial charge in [-0.1, -0.05) is 18.2 Å². The summed E-state index contributed by atoms with van der Waals surface area (Å²) in [5, 5.41) is 16.3. The number of tetrazole rings is 1. The van der Waals surface area contributed by atoms with Gasteiger partial charge in [0.05, 0.1) is 22.2 Å². The van der Waals surface area contributed by atoms with Crippen molar-refractivity contribution in [2.75, 3.05) is 24.6 Å². The SMILES string of the molecule is O=C(CN(C(=O)Cn1nnc(-c2cccs2)n1)c1ccccc1C(F)(F)F)NCC1CCCO1. The summed E-state index contributed by atoms with van der Waals surface area (Å²) in [5.74, 6) is -1.11. The number of nitrogens with one attached hydrogen (secondary N) is 1. The number of carbonyl (C=O) groups is 2. The van der Waals surface area contributed by atoms with E-state index in [1.807, 2.05) is 5.38 Å². The number of hydrogen-bond donors (Lipinski definition) is 1. The summed E-state index contributed by atoms with van der Waals surface area (Å²) in [6, 6.07) is 8.19. The van der Waals surface area contributed by atoms with E-state index in [-0.39, 0.29) is 12.6 Å². The number of para-hydroxylation sites is 1. The number of alkyl halides is 3. The molecule has 4 rings (SSSR count). The molecule has 0 aliphatic carbocycles. The van der Waals surface area contributed by atoms with Crippen LogP contribution in [0.25, 0.3) is 10.7 Å². The predicted octanol–water partition coefficient (Wildman–Crippen LogP) is 2.75. The zero-order valence-electron chi connectivity index (χ0n) is 17.9. The van der Waals surface area contributed by atoms with Gasteiger partial charge in [-0.2, -0.15) is 18.0 Å². The second kappa shape index (κ2) is 10.3. The Hall–Kier alpha value is -3.32. The largest absolute Gasteiger partial charge is 0.418 e. The Morgan fingerprint density at radius 1 is 1.24 bits per heavy atom. The smallest absolute Gasteiger partial charge is 0.376 e. The maximum atomic E-state index is 13.7. The van der Waals surface area contributed by atoms with Crippen LogP contribution >= 0.6 is 11.3 Å². The minimum Gasteiger partial charge on any atom is -0.376 e. The van der Waals surface area contributed by atoms with Gasteiger partial charge in [-0.15, -0.1) is 21.5 Å². The van der Waals surface area contributed by atoms with E-state index in [4.69, 9.17) is 4.74 Å². The van der Waals surface area contributed by atoms with Crippen LogP contribution in [0, 0.1) is 0 Å². The van der Waals surface area contributed by atoms with E-state index in [1.165, 1.54) is 23.5 Å². The lowest BCUT2D eigenvalue weighted by Gasteiger charge is -2.25. The molecule has 1 unspecified atom stereocenters. The van der Waals surface area contributed by atoms with Crippen molar-refractivity contribution in [3.8, 4) is 10.7 Å². The fourth-order valence-corrected chi connectivity index (χ4v) is 4.16. The van der Waals surface area contributed by atoms with Crippen molar-refractivity contribution in [2.24, 2.45) is 0 Å². The van der Waals surface area contributed by atoms with Crippen LogP contribution in [0.5, 0.6) is 0 Å². The number of amides is 2. The summed E-state index contributed by atoms with van der Waals surface area (Å²) in [5.41, 5.74) is -1.45. The second-order valence-corrected chi connectivity index (χ2v) is 8.50. The molecule has 0 bridgehead atoms. The molecule has 3 aromatic rings. The molecule has 180 valence electrons. The van der Waals surface area contributed by atoms with Gasteiger partial charge in [0.25, 0.3) is 5.91 Å². The minimum atomic E-state index is -4.72. The van der Waals surface area contributed by atoms with Crippen LogP contribution < -0.4 is 10.2 Å². The molecule has 1 aliphatic heterocycles. The maximum absolute atomic E-state index is 13.7. The summed E-state index contributed by atoms with van der Waals surface area (Å²) in [4.78, 5) is 28.2. The van der Waals surface area contributed by atoms with Crippen molar-refractivity contribution in [3.05, 3.63) is 47.3 Å². The molecular weight excluding hydrogens is 473 g/mol. The van der Waals surface area contributed by atoms with E-state index in [1.54, 1.807) is 12.1 Å². The van der Waals surface area contributed by atoms with E-state index in [2.05, 4.69) is 20.7 Å². The number of rotatable bonds is 8. The molecule has 1 aliphatic rings. The minimum absolute atomic E-state index is 0.148. The summed E-state index contributed by atoms with van der Waals surface area (Å²) in [6.07, 6.45) is -3.21. The highest BCUT2D eigenvalue weighted by atomic mass is 32.1. The second-order valence-electron chi connectivity index (χ2n) is 7.55. The lowest BCUT2D eigenvalue weighted by Crippen LogP contribution is -2.44. The fourth-order valence-electron chi connectivity index (χ4n) is 3.51. The number of hydrogen-bond acceptors (Lipinski definition) is 7. The van der Waals surface area contributed by atoms with Crippen LogP contribution in [0.3, 0.4) is 0 Å². The molecule has 9 nitrogen and oxygen atoms in total. The molecule has 1 aromatic carbocycles. The first-order chi connectivity index (χ1) is 16.3. The molecule has 1 N–H and O–H groups in total. The zero-order valence-corrected chi connectivity index (χ0v) is 18.7. The molecule has 0 spiro atoms. The van der Waals surface area contributed by atoms with Gasteiger partial charge in [0.1, 0.15) is 13.1 Å². The zero-order chi connectivity index (χ0) is 24.1. The van der Waals surface area contributed by atoms with Gasteiger partial charge in [0, 0.05) is 13.2 Å². The Morgan fingerprint density at radius 3 is 2.76 bits per heavy atom. The van der Waals surface area contributed by atoms with Gasteiger partial charge < -0.3 is 15.0 Å². The highest BCUT2D eigenvalue weighted by Gasteiger charge is 2.36. The van der Waals surface area contributed by atoms with Gasteiger partial charge in [-0.25, -0.2) is 0 Å². The van der Waals surface area contributed by atoms with Gasteiger partial charge in [-0.3, -0.25) is 9.59 Å². The van der Waals surface area contributed by atoms with Crippen molar-refractivity contribution >= 4 is 28.8 Å². The summed E-state index contributed by atoms with van der Waals surface area (Å²) < 4.78 is 46.4. The third-order valence-corrected chi connectivity index (χ3v) is 5.99. The molecule has 2 amide bonds. The number of benzene rings is 1. The average molecular weight is 494 g/mol. The van der Waals surface area contributed by atoms with E-state index < -0.39 is 42.3 Å². The highest BCUT2D eigenvalue weighted by molar-refractivity contribution is 7.13. The van der Waals surface area contributed by atoms with E-state index >= 15 is 0 Å². The Balaban J connectivity index is 1.54. The predicted molar refractivity (Wildman–Crippen MR) is 117 cm³/mol. The number of halogens is 3. The van der Waals surface area contributed by atoms with Crippen LogP contribution in [0.2, 0.25) is 0 Å². The number of carbonyl (C=O) groups excluding carboxylic acids is 2. The normalized spacial score (nSPS) is 15.9. The highest BCUT2D eigenvalue weighted by Crippen LogP contribution is 2.36. The molecule has 1 fully saturated rings. The standard InChI is InChI=1S/C21H21F3N6O3S/c22-21(23,24)15-6-1-2-7-16(15)29(12-18(31)25-11-14-5-3-9-33-14)19(32)13-30-27-20(26-28-30)17-8-4-10-34-17/h1-2,4,6-8,10,14H,3,5,9,11-13H2,(H,25,31). The average Bonchev–Trinajstić information content (AvgIpc) is 3.58. The molecule has 0 radical (unpaired) electrons. The van der Waals surface area contributed by atoms with Crippen LogP contribution in [-0.2, 0) is 27.0 Å². The summed E-state index contributed by atoms with van der Waals surface area (Å²) >= 11 is 1.38. The molecule has 3 heterocycles. The van der Waals surface area contributed by atoms with Crippen molar-refractivity contribution in [1.82, 2.24) is 25.5 Å². The molecule has 34 heavy (non-hydrogen) atoms. The van der Waals surface area contributed by atoms with Crippen LogP contribution in [0.4, 0.5) is 18.9 Å². The van der Waals surface area contributed by atoms with Crippen molar-refractivity contribution in [3.63, 3.8) is 0 Å². The van der Waals surface area contributed by atoms with E-state index in [9.17, 15) is 22.8 Å². The van der Waals surface area contributed by atoms with E-state index in [0.29, 0.717) is 12.4 Å². The summed E-state index contributed by atoms with van der Waals surface area (Å²) in [7, 11) is 0. The number of nitrogens with zero attached hydrogens (tertiary/aromatic N) is 5. The molecule has 2 aromatic heterocycles. The van der Waals surface area contributed by atoms with E-state index in [0.717, 1.165) is 39.5 Å². The quantitative estimate of drug-likeness (QED) is 0.517. The third kappa shape index (κ3) is 5.78. The third-order valence-electron chi connectivity index (χ3n) is 5.12. The molecule has 1 saturated heterocycles. The number of ether oxygens (including phenoxy) is 1. The van der Waals surface area contributed by atoms with Crippen LogP contribution in [0.15, 0.2) is 41.8 Å². The van der Waals surface area contributed by atoms with Gasteiger partial charge in [0.15, 0.2) is 0 Å². The Bertz CT molecular complexity index is 1130. The van der Waals surface area contributed by atoms with Gasteiger partial charge in [0.2, 0.25) is 11.7 Å². The van der Waals surface area contributed by atoms with Gasteiger partial charge in [-0.05, 0) is 41.6 Å². The topological polar surface area (TPSA) is 102 Å². The Labute approximate surface area is 196 Å². The Morgan fingerprint density at radius 2 is 2.06 bits per heavy atom. The number of aromatic nitrogens is 4. The Kier molecular flexibility index (Phi) is 7.22. The molecule has 0 saturated carbocycles. The van der Waals surface area contributed by atoms with Crippen molar-refractivity contribution < 1.29 is 27.5 Å². The first-order valence-electron chi connectivity index (χ1n) is 10.5. The lowest BCUT2D eigenvalue weighted by molar-refractivity contribution is -0.137. The summed E-state index contributed by atoms with van der Waals surface area (Å²) in [6.45, 7) is -0.284. The molecular formula is C21H21F3N6O3S. The van der Waals surface area contributed by atoms with Gasteiger partial charge >= 0.3 is 6.18 Å². The lowest BCUT2D eigenvalue weighted by atomic mass is 10.1. The maximum Gasteiger partial charge on any atom is 0.418 e. The molecule has 13 heteroatoms. The fraction of sp³-hybridized carbons (Fsp3) is 0.381. The van der Waals surface area contributed by atoms with Crippen molar-refractivity contribution in [2.45, 2.75) is 31.7 Å². The number of thiophene rings is 1.